The van der Waals surface area contributed by atoms with Gasteiger partial charge in [-0.2, -0.15) is 0 Å². The molecule has 0 radical (unpaired) electrons. The van der Waals surface area contributed by atoms with Crippen LogP contribution >= 0.6 is 0 Å². The smallest absolute Gasteiger partial charge is 0.00772 e. The Morgan fingerprint density at radius 2 is 1.20 bits per heavy atom. The van der Waals surface area contributed by atoms with Crippen molar-refractivity contribution in [3.8, 4) is 0 Å². The number of nitrogens with one attached hydrogen (secondary N) is 1. The molecule has 1 aromatic carbocycles. The molecular formula is C14H23N. The zero-order valence-corrected chi connectivity index (χ0v) is 10.4. The normalized spacial score (nSPS) is 13.7. The molecule has 0 amide bonds. The monoisotopic (exact) mass is 205 g/mol. The van der Waals surface area contributed by atoms with E-state index in [1.807, 2.05) is 0 Å². The summed E-state index contributed by atoms with van der Waals surface area (Å²) in [4.78, 5) is 0. The second-order valence-electron chi connectivity index (χ2n) is 4.69. The van der Waals surface area contributed by atoms with E-state index >= 15 is 0 Å². The molecule has 1 N–H and O–H groups in total. The Kier molecular flexibility index (Phi) is 4.83. The van der Waals surface area contributed by atoms with E-state index in [1.54, 1.807) is 0 Å². The van der Waals surface area contributed by atoms with Crippen LogP contribution in [-0.2, 0) is 0 Å². The van der Waals surface area contributed by atoms with Crippen LogP contribution in [0, 0.1) is 0 Å². The van der Waals surface area contributed by atoms with Crippen LogP contribution < -0.4 is 5.32 Å². The number of rotatable bonds is 2. The minimum absolute atomic E-state index is 0.642. The van der Waals surface area contributed by atoms with Crippen LogP contribution in [0.1, 0.15) is 50.7 Å². The van der Waals surface area contributed by atoms with E-state index in [4.69, 9.17) is 0 Å². The number of hydrogen-bond donors (Lipinski definition) is 1. The Morgan fingerprint density at radius 1 is 0.867 bits per heavy atom. The van der Waals surface area contributed by atoms with Gasteiger partial charge in [0, 0.05) is 13.1 Å². The Morgan fingerprint density at radius 3 is 1.40 bits per heavy atom. The van der Waals surface area contributed by atoms with Gasteiger partial charge in [-0.25, -0.2) is 0 Å². The molecule has 0 saturated carbocycles. The Balaban J connectivity index is 0.000000319. The minimum atomic E-state index is 0.642. The topological polar surface area (TPSA) is 21.9 Å². The molecule has 84 valence electrons. The summed E-state index contributed by atoms with van der Waals surface area (Å²) in [7, 11) is 0. The van der Waals surface area contributed by atoms with E-state index in [-0.39, 0.29) is 0 Å². The lowest BCUT2D eigenvalue weighted by Crippen LogP contribution is -1.97. The van der Waals surface area contributed by atoms with Crippen LogP contribution in [-0.4, -0.2) is 13.1 Å². The van der Waals surface area contributed by atoms with Gasteiger partial charge >= 0.3 is 0 Å². The van der Waals surface area contributed by atoms with Crippen molar-refractivity contribution in [1.82, 2.24) is 5.32 Å². The minimum Gasteiger partial charge on any atom is -0.314 e. The molecule has 0 aromatic heterocycles. The summed E-state index contributed by atoms with van der Waals surface area (Å²) < 4.78 is 0. The first kappa shape index (κ1) is 12.3. The molecule has 1 heterocycles. The molecule has 0 atom stereocenters. The lowest BCUT2D eigenvalue weighted by Gasteiger charge is -2.14. The van der Waals surface area contributed by atoms with Crippen LogP contribution in [0.25, 0.3) is 0 Å². The van der Waals surface area contributed by atoms with Gasteiger partial charge in [-0.1, -0.05) is 52.0 Å². The second-order valence-corrected chi connectivity index (χ2v) is 4.69. The Labute approximate surface area is 93.9 Å². The molecule has 0 unspecified atom stereocenters. The highest BCUT2D eigenvalue weighted by Gasteiger charge is 2.07. The summed E-state index contributed by atoms with van der Waals surface area (Å²) in [5.74, 6) is 1.28. The maximum Gasteiger partial charge on any atom is 0.00772 e. The van der Waals surface area contributed by atoms with Crippen molar-refractivity contribution in [1.29, 1.82) is 0 Å². The van der Waals surface area contributed by atoms with Crippen molar-refractivity contribution in [2.24, 2.45) is 0 Å². The maximum atomic E-state index is 3.00. The largest absolute Gasteiger partial charge is 0.314 e. The summed E-state index contributed by atoms with van der Waals surface area (Å²) in [5, 5.41) is 3.00. The van der Waals surface area contributed by atoms with Crippen molar-refractivity contribution in [3.63, 3.8) is 0 Å². The zero-order chi connectivity index (χ0) is 11.3. The Hall–Kier alpha value is -0.820. The van der Waals surface area contributed by atoms with E-state index in [2.05, 4.69) is 57.3 Å². The fourth-order valence-corrected chi connectivity index (χ4v) is 1.56. The van der Waals surface area contributed by atoms with Crippen LogP contribution in [0.4, 0.5) is 0 Å². The summed E-state index contributed by atoms with van der Waals surface area (Å²) in [5.41, 5.74) is 2.99. The van der Waals surface area contributed by atoms with Gasteiger partial charge in [0.05, 0.1) is 0 Å². The number of hydrogen-bond acceptors (Lipinski definition) is 1. The maximum absolute atomic E-state index is 3.00. The summed E-state index contributed by atoms with van der Waals surface area (Å²) in [6, 6.07) is 8.72. The molecule has 1 aliphatic rings. The van der Waals surface area contributed by atoms with Crippen LogP contribution in [0.2, 0.25) is 0 Å². The number of benzene rings is 1. The van der Waals surface area contributed by atoms with E-state index < -0.39 is 0 Å². The third kappa shape index (κ3) is 4.48. The van der Waals surface area contributed by atoms with Gasteiger partial charge in [0.15, 0.2) is 0 Å². The first-order valence-electron chi connectivity index (χ1n) is 5.92. The standard InChI is InChI=1S/C12H18.C2H5N/c1-9(2)11-7-5-6-8-12(11)10(3)4;1-2-3-1/h5-10H,1-4H3;3H,1-2H2. The van der Waals surface area contributed by atoms with Gasteiger partial charge < -0.3 is 5.32 Å². The van der Waals surface area contributed by atoms with Gasteiger partial charge in [-0.3, -0.25) is 0 Å². The molecule has 0 spiro atoms. The van der Waals surface area contributed by atoms with Crippen molar-refractivity contribution >= 4 is 0 Å². The van der Waals surface area contributed by atoms with E-state index in [0.29, 0.717) is 11.8 Å². The fraction of sp³-hybridized carbons (Fsp3) is 0.571. The summed E-state index contributed by atoms with van der Waals surface area (Å²) in [6.07, 6.45) is 0. The molecule has 1 aliphatic heterocycles. The molecule has 1 heteroatoms. The van der Waals surface area contributed by atoms with E-state index in [0.717, 1.165) is 0 Å². The fourth-order valence-electron chi connectivity index (χ4n) is 1.56. The molecule has 1 aromatic rings. The molecule has 2 rings (SSSR count). The van der Waals surface area contributed by atoms with Crippen molar-refractivity contribution in [3.05, 3.63) is 35.4 Å². The summed E-state index contributed by atoms with van der Waals surface area (Å²) >= 11 is 0. The summed E-state index contributed by atoms with van der Waals surface area (Å²) in [6.45, 7) is 11.5. The average Bonchev–Trinajstić information content (AvgIpc) is 3.04. The second kappa shape index (κ2) is 5.92. The van der Waals surface area contributed by atoms with E-state index in [9.17, 15) is 0 Å². The highest BCUT2D eigenvalue weighted by Crippen LogP contribution is 2.25. The molecule has 15 heavy (non-hydrogen) atoms. The van der Waals surface area contributed by atoms with Crippen LogP contribution in [0.15, 0.2) is 24.3 Å². The Bertz CT molecular complexity index is 257. The third-order valence-corrected chi connectivity index (χ3v) is 2.49. The molecule has 1 saturated heterocycles. The molecule has 0 bridgehead atoms. The first-order chi connectivity index (χ1) is 7.13. The quantitative estimate of drug-likeness (QED) is 0.733. The predicted molar refractivity (Wildman–Crippen MR) is 67.5 cm³/mol. The van der Waals surface area contributed by atoms with Crippen LogP contribution in [0.5, 0.6) is 0 Å². The van der Waals surface area contributed by atoms with Gasteiger partial charge in [-0.15, -0.1) is 0 Å². The molecule has 0 aliphatic carbocycles. The van der Waals surface area contributed by atoms with Gasteiger partial charge in [0.2, 0.25) is 0 Å². The van der Waals surface area contributed by atoms with Crippen molar-refractivity contribution < 1.29 is 0 Å². The molecule has 1 fully saturated rings. The SMILES string of the molecule is C1CN1.CC(C)c1ccccc1C(C)C. The van der Waals surface area contributed by atoms with Crippen molar-refractivity contribution in [2.45, 2.75) is 39.5 Å². The lowest BCUT2D eigenvalue weighted by molar-refractivity contribution is 0.790. The zero-order valence-electron chi connectivity index (χ0n) is 10.4. The van der Waals surface area contributed by atoms with Gasteiger partial charge in [0.25, 0.3) is 0 Å². The third-order valence-electron chi connectivity index (χ3n) is 2.49. The van der Waals surface area contributed by atoms with Crippen LogP contribution in [0.3, 0.4) is 0 Å². The predicted octanol–water partition coefficient (Wildman–Crippen LogP) is 3.52. The molecular weight excluding hydrogens is 182 g/mol. The van der Waals surface area contributed by atoms with Gasteiger partial charge in [-0.05, 0) is 23.0 Å². The van der Waals surface area contributed by atoms with E-state index in [1.165, 1.54) is 24.2 Å². The highest BCUT2D eigenvalue weighted by atomic mass is 15.0. The molecule has 1 nitrogen and oxygen atoms in total. The lowest BCUT2D eigenvalue weighted by atomic mass is 9.91. The van der Waals surface area contributed by atoms with Crippen molar-refractivity contribution in [2.75, 3.05) is 13.1 Å². The first-order valence-corrected chi connectivity index (χ1v) is 5.92. The highest BCUT2D eigenvalue weighted by molar-refractivity contribution is 5.31. The van der Waals surface area contributed by atoms with Gasteiger partial charge in [0.1, 0.15) is 0 Å². The average molecular weight is 205 g/mol.